The van der Waals surface area contributed by atoms with E-state index in [9.17, 15) is 18.0 Å². The second-order valence-corrected chi connectivity index (χ2v) is 4.32. The molecule has 2 aromatic rings. The fourth-order valence-corrected chi connectivity index (χ4v) is 1.93. The maximum atomic E-state index is 12.1. The van der Waals surface area contributed by atoms with E-state index in [-0.39, 0.29) is 16.9 Å². The number of hydrogen-bond donors (Lipinski definition) is 1. The molecule has 0 saturated carbocycles. The molecule has 6 nitrogen and oxygen atoms in total. The first-order chi connectivity index (χ1) is 10.8. The maximum Gasteiger partial charge on any atom is 0.573 e. The molecule has 2 rings (SSSR count). The Morgan fingerprint density at radius 1 is 1.30 bits per heavy atom. The van der Waals surface area contributed by atoms with Crippen molar-refractivity contribution in [2.75, 3.05) is 12.8 Å². The molecule has 0 amide bonds. The molecule has 0 aliphatic rings. The average molecular weight is 325 g/mol. The number of benzene rings is 1. The third kappa shape index (κ3) is 3.37. The summed E-state index contributed by atoms with van der Waals surface area (Å²) in [6, 6.07) is 6.54. The quantitative estimate of drug-likeness (QED) is 0.876. The van der Waals surface area contributed by atoms with Crippen molar-refractivity contribution >= 4 is 11.7 Å². The highest BCUT2D eigenvalue weighted by molar-refractivity contribution is 5.95. The van der Waals surface area contributed by atoms with Gasteiger partial charge in [-0.2, -0.15) is 5.26 Å². The van der Waals surface area contributed by atoms with Crippen LogP contribution in [0.15, 0.2) is 30.5 Å². The Kier molecular flexibility index (Phi) is 4.18. The molecule has 0 aliphatic heterocycles. The number of halogens is 3. The lowest BCUT2D eigenvalue weighted by atomic mass is 10.2. The number of carbonyl (C=O) groups is 1. The molecule has 0 bridgehead atoms. The largest absolute Gasteiger partial charge is 0.573 e. The molecule has 9 heteroatoms. The number of alkyl halides is 3. The van der Waals surface area contributed by atoms with Gasteiger partial charge in [-0.15, -0.1) is 13.2 Å². The number of nitrogen functional groups attached to an aromatic ring is 1. The number of anilines is 1. The molecule has 0 radical (unpaired) electrons. The van der Waals surface area contributed by atoms with Crippen molar-refractivity contribution in [1.29, 1.82) is 5.26 Å². The first kappa shape index (κ1) is 16.2. The fraction of sp³-hybridized carbons (Fsp3) is 0.143. The van der Waals surface area contributed by atoms with Gasteiger partial charge in [0.2, 0.25) is 0 Å². The summed E-state index contributed by atoms with van der Waals surface area (Å²) in [6.45, 7) is 0. The van der Waals surface area contributed by atoms with Gasteiger partial charge in [0.15, 0.2) is 5.69 Å². The number of rotatable bonds is 3. The summed E-state index contributed by atoms with van der Waals surface area (Å²) >= 11 is 0. The third-order valence-electron chi connectivity index (χ3n) is 2.89. The molecular formula is C14H10F3N3O3. The average Bonchev–Trinajstić information content (AvgIpc) is 2.82. The van der Waals surface area contributed by atoms with E-state index in [4.69, 9.17) is 11.0 Å². The Morgan fingerprint density at radius 2 is 1.91 bits per heavy atom. The smallest absolute Gasteiger partial charge is 0.464 e. The van der Waals surface area contributed by atoms with Crippen molar-refractivity contribution in [2.24, 2.45) is 0 Å². The predicted octanol–water partition coefficient (Wildman–Crippen LogP) is 2.62. The van der Waals surface area contributed by atoms with Gasteiger partial charge in [0.25, 0.3) is 0 Å². The van der Waals surface area contributed by atoms with Gasteiger partial charge in [-0.05, 0) is 24.3 Å². The van der Waals surface area contributed by atoms with Crippen LogP contribution in [0.2, 0.25) is 0 Å². The summed E-state index contributed by atoms with van der Waals surface area (Å²) in [6.07, 6.45) is -3.51. The van der Waals surface area contributed by atoms with E-state index < -0.39 is 18.1 Å². The molecule has 0 unspecified atom stereocenters. The van der Waals surface area contributed by atoms with Gasteiger partial charge in [-0.3, -0.25) is 0 Å². The lowest BCUT2D eigenvalue weighted by Gasteiger charge is -2.11. The van der Waals surface area contributed by atoms with Gasteiger partial charge in [-0.25, -0.2) is 4.79 Å². The highest BCUT2D eigenvalue weighted by Gasteiger charge is 2.31. The molecule has 23 heavy (non-hydrogen) atoms. The molecule has 0 atom stereocenters. The van der Waals surface area contributed by atoms with Crippen LogP contribution >= 0.6 is 0 Å². The third-order valence-corrected chi connectivity index (χ3v) is 2.89. The molecule has 0 spiro atoms. The van der Waals surface area contributed by atoms with E-state index in [1.807, 2.05) is 6.07 Å². The Hall–Kier alpha value is -3.15. The number of nitrogens with two attached hydrogens (primary N) is 1. The summed E-state index contributed by atoms with van der Waals surface area (Å²) in [5.74, 6) is -1.19. The van der Waals surface area contributed by atoms with Crippen molar-refractivity contribution in [2.45, 2.75) is 6.36 Å². The number of methoxy groups -OCH3 is 1. The molecule has 0 fully saturated rings. The van der Waals surface area contributed by atoms with E-state index in [0.717, 1.165) is 19.2 Å². The minimum absolute atomic E-state index is 0.0426. The number of nitriles is 1. The first-order valence-electron chi connectivity index (χ1n) is 6.12. The number of carbonyl (C=O) groups excluding carboxylic acids is 1. The maximum absolute atomic E-state index is 12.1. The summed E-state index contributed by atoms with van der Waals surface area (Å²) in [5.41, 5.74) is 5.92. The lowest BCUT2D eigenvalue weighted by molar-refractivity contribution is -0.274. The number of aromatic nitrogens is 1. The van der Waals surface area contributed by atoms with Gasteiger partial charge in [-0.1, -0.05) is 0 Å². The van der Waals surface area contributed by atoms with Crippen LogP contribution in [0.5, 0.6) is 5.75 Å². The molecule has 120 valence electrons. The standard InChI is InChI=1S/C14H10F3N3O3/c1-22-13(21)12-11(19)8(6-18)7-20(12)9-2-4-10(5-3-9)23-14(15,16)17/h2-5,7H,19H2,1H3. The minimum Gasteiger partial charge on any atom is -0.464 e. The fourth-order valence-electron chi connectivity index (χ4n) is 1.93. The van der Waals surface area contributed by atoms with Gasteiger partial charge >= 0.3 is 12.3 Å². The van der Waals surface area contributed by atoms with Crippen LogP contribution in [-0.4, -0.2) is 24.0 Å². The van der Waals surface area contributed by atoms with Gasteiger partial charge in [0, 0.05) is 11.9 Å². The summed E-state index contributed by atoms with van der Waals surface area (Å²) < 4.78 is 46.1. The Bertz CT molecular complexity index is 774. The van der Waals surface area contributed by atoms with E-state index in [1.165, 1.54) is 22.9 Å². The Balaban J connectivity index is 2.46. The van der Waals surface area contributed by atoms with E-state index >= 15 is 0 Å². The minimum atomic E-state index is -4.80. The predicted molar refractivity (Wildman–Crippen MR) is 72.9 cm³/mol. The van der Waals surface area contributed by atoms with E-state index in [2.05, 4.69) is 9.47 Å². The second-order valence-electron chi connectivity index (χ2n) is 4.32. The van der Waals surface area contributed by atoms with E-state index in [0.29, 0.717) is 5.69 Å². The number of ether oxygens (including phenoxy) is 2. The van der Waals surface area contributed by atoms with Crippen LogP contribution in [0, 0.1) is 11.3 Å². The van der Waals surface area contributed by atoms with Crippen LogP contribution in [0.3, 0.4) is 0 Å². The normalized spacial score (nSPS) is 10.9. The number of hydrogen-bond acceptors (Lipinski definition) is 5. The lowest BCUT2D eigenvalue weighted by Crippen LogP contribution is -2.17. The molecule has 2 N–H and O–H groups in total. The van der Waals surface area contributed by atoms with Crippen LogP contribution in [0.25, 0.3) is 5.69 Å². The van der Waals surface area contributed by atoms with Crippen molar-refractivity contribution in [3.63, 3.8) is 0 Å². The highest BCUT2D eigenvalue weighted by Crippen LogP contribution is 2.27. The van der Waals surface area contributed by atoms with Gasteiger partial charge in [0.1, 0.15) is 11.8 Å². The molecule has 1 aromatic carbocycles. The molecular weight excluding hydrogens is 315 g/mol. The summed E-state index contributed by atoms with van der Waals surface area (Å²) in [5, 5.41) is 8.99. The van der Waals surface area contributed by atoms with Crippen molar-refractivity contribution < 1.29 is 27.4 Å². The van der Waals surface area contributed by atoms with Crippen LogP contribution in [0.1, 0.15) is 16.1 Å². The molecule has 0 saturated heterocycles. The Labute approximate surface area is 128 Å². The topological polar surface area (TPSA) is 90.3 Å². The van der Waals surface area contributed by atoms with Crippen molar-refractivity contribution in [1.82, 2.24) is 4.57 Å². The first-order valence-corrected chi connectivity index (χ1v) is 6.12. The summed E-state index contributed by atoms with van der Waals surface area (Å²) in [7, 11) is 1.14. The zero-order valence-electron chi connectivity index (χ0n) is 11.7. The van der Waals surface area contributed by atoms with Crippen LogP contribution in [-0.2, 0) is 4.74 Å². The zero-order valence-corrected chi connectivity index (χ0v) is 11.7. The van der Waals surface area contributed by atoms with Crippen LogP contribution in [0.4, 0.5) is 18.9 Å². The number of nitrogens with zero attached hydrogens (tertiary/aromatic N) is 2. The van der Waals surface area contributed by atoms with Gasteiger partial charge < -0.3 is 19.8 Å². The molecule has 0 aliphatic carbocycles. The van der Waals surface area contributed by atoms with E-state index in [1.54, 1.807) is 0 Å². The molecule has 1 heterocycles. The Morgan fingerprint density at radius 3 is 2.39 bits per heavy atom. The zero-order chi connectivity index (χ0) is 17.2. The second kappa shape index (κ2) is 5.92. The molecule has 1 aromatic heterocycles. The monoisotopic (exact) mass is 325 g/mol. The van der Waals surface area contributed by atoms with Crippen molar-refractivity contribution in [3.05, 3.63) is 41.7 Å². The highest BCUT2D eigenvalue weighted by atomic mass is 19.4. The SMILES string of the molecule is COC(=O)c1c(N)c(C#N)cn1-c1ccc(OC(F)(F)F)cc1. The van der Waals surface area contributed by atoms with Gasteiger partial charge in [0.05, 0.1) is 18.4 Å². The van der Waals surface area contributed by atoms with Crippen LogP contribution < -0.4 is 10.5 Å². The summed E-state index contributed by atoms with van der Waals surface area (Å²) in [4.78, 5) is 11.8. The number of esters is 1. The van der Waals surface area contributed by atoms with Crippen molar-refractivity contribution in [3.8, 4) is 17.5 Å².